The largest absolute Gasteiger partial charge is 0.461 e. The van der Waals surface area contributed by atoms with Crippen LogP contribution in [0.15, 0.2) is 30.3 Å². The Morgan fingerprint density at radius 3 is 2.62 bits per heavy atom. The number of hydrogen-bond acceptors (Lipinski definition) is 3. The van der Waals surface area contributed by atoms with Crippen LogP contribution in [0, 0.1) is 0 Å². The van der Waals surface area contributed by atoms with Crippen LogP contribution < -0.4 is 5.73 Å². The molecule has 2 N–H and O–H groups in total. The van der Waals surface area contributed by atoms with Crippen molar-refractivity contribution >= 4 is 5.97 Å². The summed E-state index contributed by atoms with van der Waals surface area (Å²) in [5, 5.41) is 0. The number of ether oxygens (including phenoxy) is 1. The molecular formula is C13H17NO2. The van der Waals surface area contributed by atoms with Crippen LogP contribution in [0.5, 0.6) is 0 Å². The molecule has 86 valence electrons. The van der Waals surface area contributed by atoms with Crippen LogP contribution in [0.25, 0.3) is 0 Å². The predicted molar refractivity (Wildman–Crippen MR) is 61.9 cm³/mol. The van der Waals surface area contributed by atoms with Gasteiger partial charge in [0.2, 0.25) is 0 Å². The molecule has 1 atom stereocenters. The molecule has 0 amide bonds. The Balaban J connectivity index is 1.82. The first-order chi connectivity index (χ1) is 7.75. The molecule has 3 heteroatoms. The number of hydrogen-bond donors (Lipinski definition) is 1. The third-order valence-corrected chi connectivity index (χ3v) is 2.94. The van der Waals surface area contributed by atoms with Gasteiger partial charge in [-0.15, -0.1) is 0 Å². The van der Waals surface area contributed by atoms with Gasteiger partial charge in [-0.3, -0.25) is 4.79 Å². The number of benzene rings is 1. The Morgan fingerprint density at radius 1 is 1.38 bits per heavy atom. The van der Waals surface area contributed by atoms with E-state index in [1.54, 1.807) is 0 Å². The summed E-state index contributed by atoms with van der Waals surface area (Å²) >= 11 is 0. The molecule has 0 aromatic heterocycles. The highest BCUT2D eigenvalue weighted by atomic mass is 16.5. The van der Waals surface area contributed by atoms with Gasteiger partial charge in [0.15, 0.2) is 0 Å². The average Bonchev–Trinajstić information content (AvgIpc) is 2.24. The van der Waals surface area contributed by atoms with Gasteiger partial charge in [-0.1, -0.05) is 30.3 Å². The highest BCUT2D eigenvalue weighted by Crippen LogP contribution is 2.22. The lowest BCUT2D eigenvalue weighted by atomic mass is 9.96. The first-order valence-electron chi connectivity index (χ1n) is 5.75. The molecule has 1 fully saturated rings. The molecule has 0 spiro atoms. The lowest BCUT2D eigenvalue weighted by molar-refractivity contribution is -0.154. The summed E-state index contributed by atoms with van der Waals surface area (Å²) in [6, 6.07) is 9.23. The molecule has 0 saturated heterocycles. The standard InChI is InChI=1S/C13H17NO2/c14-12(9-10-5-2-1-3-6-10)13(15)16-11-7-4-8-11/h1-3,5-6,11-12H,4,7-9,14H2. The molecule has 16 heavy (non-hydrogen) atoms. The zero-order valence-corrected chi connectivity index (χ0v) is 9.26. The Kier molecular flexibility index (Phi) is 3.57. The average molecular weight is 219 g/mol. The second kappa shape index (κ2) is 5.12. The number of nitrogens with two attached hydrogens (primary N) is 1. The summed E-state index contributed by atoms with van der Waals surface area (Å²) in [7, 11) is 0. The summed E-state index contributed by atoms with van der Waals surface area (Å²) < 4.78 is 5.26. The summed E-state index contributed by atoms with van der Waals surface area (Å²) in [5.74, 6) is -0.270. The fourth-order valence-corrected chi connectivity index (χ4v) is 1.69. The zero-order chi connectivity index (χ0) is 11.4. The normalized spacial score (nSPS) is 17.6. The van der Waals surface area contributed by atoms with Crippen molar-refractivity contribution in [1.82, 2.24) is 0 Å². The molecule has 1 aromatic rings. The van der Waals surface area contributed by atoms with E-state index >= 15 is 0 Å². The van der Waals surface area contributed by atoms with Gasteiger partial charge in [-0.05, 0) is 31.2 Å². The molecule has 3 nitrogen and oxygen atoms in total. The van der Waals surface area contributed by atoms with E-state index in [1.165, 1.54) is 0 Å². The Morgan fingerprint density at radius 2 is 2.06 bits per heavy atom. The van der Waals surface area contributed by atoms with Gasteiger partial charge >= 0.3 is 5.97 Å². The third-order valence-electron chi connectivity index (χ3n) is 2.94. The number of esters is 1. The van der Waals surface area contributed by atoms with Gasteiger partial charge in [0.05, 0.1) is 0 Å². The number of rotatable bonds is 4. The lowest BCUT2D eigenvalue weighted by Crippen LogP contribution is -2.38. The summed E-state index contributed by atoms with van der Waals surface area (Å²) in [6.45, 7) is 0. The van der Waals surface area contributed by atoms with E-state index < -0.39 is 6.04 Å². The van der Waals surface area contributed by atoms with Crippen molar-refractivity contribution in [3.05, 3.63) is 35.9 Å². The first kappa shape index (κ1) is 11.1. The van der Waals surface area contributed by atoms with E-state index in [4.69, 9.17) is 10.5 Å². The SMILES string of the molecule is NC(Cc1ccccc1)C(=O)OC1CCC1. The molecule has 1 aromatic carbocycles. The molecular weight excluding hydrogens is 202 g/mol. The highest BCUT2D eigenvalue weighted by molar-refractivity contribution is 5.76. The van der Waals surface area contributed by atoms with Crippen LogP contribution >= 0.6 is 0 Å². The molecule has 0 bridgehead atoms. The summed E-state index contributed by atoms with van der Waals surface area (Å²) in [5.41, 5.74) is 6.87. The van der Waals surface area contributed by atoms with Crippen LogP contribution in [-0.2, 0) is 16.0 Å². The Hall–Kier alpha value is -1.35. The van der Waals surface area contributed by atoms with Crippen molar-refractivity contribution < 1.29 is 9.53 Å². The highest BCUT2D eigenvalue weighted by Gasteiger charge is 2.24. The van der Waals surface area contributed by atoms with Crippen LogP contribution in [-0.4, -0.2) is 18.1 Å². The zero-order valence-electron chi connectivity index (χ0n) is 9.26. The Labute approximate surface area is 95.6 Å². The van der Waals surface area contributed by atoms with Gasteiger partial charge in [0, 0.05) is 0 Å². The summed E-state index contributed by atoms with van der Waals surface area (Å²) in [4.78, 5) is 11.6. The lowest BCUT2D eigenvalue weighted by Gasteiger charge is -2.26. The second-order valence-corrected chi connectivity index (χ2v) is 4.29. The summed E-state index contributed by atoms with van der Waals surface area (Å²) in [6.07, 6.45) is 3.81. The molecule has 1 aliphatic rings. The molecule has 1 saturated carbocycles. The number of carbonyl (C=O) groups is 1. The van der Waals surface area contributed by atoms with Gasteiger partial charge in [-0.25, -0.2) is 0 Å². The van der Waals surface area contributed by atoms with Crippen molar-refractivity contribution in [3.8, 4) is 0 Å². The van der Waals surface area contributed by atoms with Gasteiger partial charge in [0.1, 0.15) is 12.1 Å². The molecule has 1 aliphatic carbocycles. The number of carbonyl (C=O) groups excluding carboxylic acids is 1. The van der Waals surface area contributed by atoms with E-state index in [2.05, 4.69) is 0 Å². The maximum atomic E-state index is 11.6. The molecule has 1 unspecified atom stereocenters. The molecule has 2 rings (SSSR count). The smallest absolute Gasteiger partial charge is 0.323 e. The van der Waals surface area contributed by atoms with Crippen molar-refractivity contribution in [2.24, 2.45) is 5.73 Å². The predicted octanol–water partition coefficient (Wildman–Crippen LogP) is 1.65. The minimum atomic E-state index is -0.539. The van der Waals surface area contributed by atoms with Crippen LogP contribution in [0.3, 0.4) is 0 Å². The van der Waals surface area contributed by atoms with E-state index in [0.717, 1.165) is 24.8 Å². The van der Waals surface area contributed by atoms with Crippen LogP contribution in [0.2, 0.25) is 0 Å². The quantitative estimate of drug-likeness (QED) is 0.783. The van der Waals surface area contributed by atoms with Crippen molar-refractivity contribution in [1.29, 1.82) is 0 Å². The fourth-order valence-electron chi connectivity index (χ4n) is 1.69. The van der Waals surface area contributed by atoms with Crippen molar-refractivity contribution in [2.75, 3.05) is 0 Å². The Bertz CT molecular complexity index is 346. The van der Waals surface area contributed by atoms with E-state index in [0.29, 0.717) is 6.42 Å². The minimum Gasteiger partial charge on any atom is -0.461 e. The van der Waals surface area contributed by atoms with Crippen molar-refractivity contribution in [2.45, 2.75) is 37.8 Å². The van der Waals surface area contributed by atoms with Gasteiger partial charge in [0.25, 0.3) is 0 Å². The fraction of sp³-hybridized carbons (Fsp3) is 0.462. The molecule has 0 aliphatic heterocycles. The van der Waals surface area contributed by atoms with E-state index in [1.807, 2.05) is 30.3 Å². The van der Waals surface area contributed by atoms with Gasteiger partial charge in [-0.2, -0.15) is 0 Å². The third kappa shape index (κ3) is 2.83. The van der Waals surface area contributed by atoms with Crippen LogP contribution in [0.4, 0.5) is 0 Å². The minimum absolute atomic E-state index is 0.120. The van der Waals surface area contributed by atoms with E-state index in [-0.39, 0.29) is 12.1 Å². The molecule has 0 heterocycles. The topological polar surface area (TPSA) is 52.3 Å². The molecule has 0 radical (unpaired) electrons. The van der Waals surface area contributed by atoms with E-state index in [9.17, 15) is 4.79 Å². The first-order valence-corrected chi connectivity index (χ1v) is 5.75. The maximum Gasteiger partial charge on any atom is 0.323 e. The van der Waals surface area contributed by atoms with Gasteiger partial charge < -0.3 is 10.5 Å². The second-order valence-electron chi connectivity index (χ2n) is 4.29. The maximum absolute atomic E-state index is 11.6. The monoisotopic (exact) mass is 219 g/mol. The van der Waals surface area contributed by atoms with Crippen molar-refractivity contribution in [3.63, 3.8) is 0 Å². The van der Waals surface area contributed by atoms with Crippen LogP contribution in [0.1, 0.15) is 24.8 Å².